The number of ether oxygens (including phenoxy) is 3. The first-order valence-electron chi connectivity index (χ1n) is 22.9. The van der Waals surface area contributed by atoms with Crippen molar-refractivity contribution in [2.45, 2.75) is 51.0 Å². The summed E-state index contributed by atoms with van der Waals surface area (Å²) in [5.41, 5.74) is 11.3. The van der Waals surface area contributed by atoms with Crippen molar-refractivity contribution < 1.29 is 27.4 Å². The molecular weight excluding hydrogens is 852 g/mol. The molecule has 3 aliphatic heterocycles. The fourth-order valence-corrected chi connectivity index (χ4v) is 7.61. The minimum atomic E-state index is -4.29. The molecule has 0 unspecified atom stereocenters. The fourth-order valence-electron chi connectivity index (χ4n) is 7.61. The quantitative estimate of drug-likeness (QED) is 0.0708. The Bertz CT molecular complexity index is 2390. The van der Waals surface area contributed by atoms with E-state index in [9.17, 15) is 13.2 Å². The molecule has 0 amide bonds. The molecule has 0 spiro atoms. The van der Waals surface area contributed by atoms with Gasteiger partial charge in [-0.1, -0.05) is 90.5 Å². The van der Waals surface area contributed by atoms with E-state index in [-0.39, 0.29) is 18.3 Å². The summed E-state index contributed by atoms with van der Waals surface area (Å²) < 4.78 is 54.8. The minimum Gasteiger partial charge on any atom is -0.381 e. The van der Waals surface area contributed by atoms with Gasteiger partial charge in [-0.05, 0) is 101 Å². The van der Waals surface area contributed by atoms with Crippen LogP contribution in [0.4, 0.5) is 30.2 Å². The zero-order valence-electron chi connectivity index (χ0n) is 37.9. The third-order valence-electron chi connectivity index (χ3n) is 11.6. The van der Waals surface area contributed by atoms with Gasteiger partial charge in [-0.25, -0.2) is 0 Å². The molecule has 3 aliphatic rings. The van der Waals surface area contributed by atoms with Crippen LogP contribution in [0, 0.1) is 18.3 Å². The summed E-state index contributed by atoms with van der Waals surface area (Å²) in [7, 11) is 0. The van der Waals surface area contributed by atoms with Gasteiger partial charge in [-0.15, -0.1) is 0 Å². The average Bonchev–Trinajstić information content (AvgIpc) is 3.39. The van der Waals surface area contributed by atoms with E-state index in [1.165, 1.54) is 34.4 Å². The molecule has 3 saturated heterocycles. The maximum Gasteiger partial charge on any atom is 0.416 e. The van der Waals surface area contributed by atoms with Crippen molar-refractivity contribution in [2.75, 3.05) is 75.0 Å². The second kappa shape index (κ2) is 25.0. The van der Waals surface area contributed by atoms with Crippen LogP contribution in [0.3, 0.4) is 0 Å². The number of benzene rings is 6. The molecule has 10 nitrogen and oxygen atoms in total. The number of rotatable bonds is 12. The zero-order valence-corrected chi connectivity index (χ0v) is 37.9. The number of aryl methyl sites for hydroxylation is 1. The van der Waals surface area contributed by atoms with Crippen LogP contribution < -0.4 is 31.9 Å². The van der Waals surface area contributed by atoms with E-state index in [2.05, 4.69) is 118 Å². The number of anilines is 3. The standard InChI is InChI=1S/C18H19F3N2O.C18H19N3O.C18H22N2O/c19-18(20,21)15-5-1-13(2-6-15)11-23-16-7-3-14(4-8-16)17-12-22-9-10-24-17;19-11-14-1-3-15(4-2-14)12-21-17-7-5-16(6-8-17)18-13-20-9-10-22-18;1-14-2-4-15(5-3-14)12-20-17-8-6-16(7-9-17)18-13-19-10-11-21-18/h1-8,17,22-23H,9-12H2;1-8,18,20-21H,9-10,12-13H2;2-9,18-20H,10-13H2,1H3/t17-;2*18-/m111/s1. The molecule has 6 aromatic carbocycles. The van der Waals surface area contributed by atoms with Gasteiger partial charge in [0.15, 0.2) is 0 Å². The number of halogens is 3. The second-order valence-electron chi connectivity index (χ2n) is 16.6. The number of alkyl halides is 3. The lowest BCUT2D eigenvalue weighted by Crippen LogP contribution is -2.33. The third kappa shape index (κ3) is 15.7. The maximum absolute atomic E-state index is 12.5. The molecule has 0 aliphatic carbocycles. The first kappa shape index (κ1) is 48.7. The molecule has 0 aromatic heterocycles. The number of nitrogens with one attached hydrogen (secondary N) is 6. The van der Waals surface area contributed by atoms with Crippen LogP contribution in [0.25, 0.3) is 0 Å². The van der Waals surface area contributed by atoms with E-state index in [0.29, 0.717) is 18.7 Å². The molecular formula is C54H60F3N7O3. The highest BCUT2D eigenvalue weighted by Crippen LogP contribution is 2.29. The zero-order chi connectivity index (χ0) is 46.7. The fraction of sp³-hybridized carbons (Fsp3) is 0.315. The Kier molecular flexibility index (Phi) is 18.2. The summed E-state index contributed by atoms with van der Waals surface area (Å²) in [6.45, 7) is 11.8. The van der Waals surface area contributed by atoms with E-state index < -0.39 is 11.7 Å². The maximum atomic E-state index is 12.5. The van der Waals surface area contributed by atoms with Crippen molar-refractivity contribution in [1.29, 1.82) is 5.26 Å². The summed E-state index contributed by atoms with van der Waals surface area (Å²) in [6, 6.07) is 48.4. The lowest BCUT2D eigenvalue weighted by Gasteiger charge is -2.24. The molecule has 0 saturated carbocycles. The molecule has 6 N–H and O–H groups in total. The van der Waals surface area contributed by atoms with Crippen molar-refractivity contribution >= 4 is 17.1 Å². The Hall–Kier alpha value is -6.24. The van der Waals surface area contributed by atoms with Crippen molar-refractivity contribution in [2.24, 2.45) is 0 Å². The SMILES string of the molecule is Cc1ccc(CNc2ccc([C@H]3CNCCO3)cc2)cc1.FC(F)(F)c1ccc(CNc2ccc([C@H]3CNCCO3)cc2)cc1.N#Cc1ccc(CNc2ccc([C@H]3CNCCO3)cc2)cc1. The predicted octanol–water partition coefficient (Wildman–Crippen LogP) is 10.1. The van der Waals surface area contributed by atoms with E-state index in [1.54, 1.807) is 0 Å². The van der Waals surface area contributed by atoms with E-state index >= 15 is 0 Å². The summed E-state index contributed by atoms with van der Waals surface area (Å²) in [6.07, 6.45) is -3.88. The predicted molar refractivity (Wildman–Crippen MR) is 260 cm³/mol. The first-order chi connectivity index (χ1) is 32.7. The number of hydrogen-bond donors (Lipinski definition) is 6. The molecule has 350 valence electrons. The van der Waals surface area contributed by atoms with Gasteiger partial charge in [0.05, 0.1) is 55.3 Å². The van der Waals surface area contributed by atoms with Gasteiger partial charge in [-0.3, -0.25) is 0 Å². The topological polar surface area (TPSA) is 124 Å². The molecule has 3 atom stereocenters. The molecule has 13 heteroatoms. The van der Waals surface area contributed by atoms with Crippen molar-refractivity contribution in [1.82, 2.24) is 16.0 Å². The molecule has 9 rings (SSSR count). The van der Waals surface area contributed by atoms with E-state index in [1.807, 2.05) is 48.5 Å². The highest BCUT2D eigenvalue weighted by Gasteiger charge is 2.30. The largest absolute Gasteiger partial charge is 0.416 e. The van der Waals surface area contributed by atoms with Crippen LogP contribution in [0.15, 0.2) is 146 Å². The highest BCUT2D eigenvalue weighted by atomic mass is 19.4. The van der Waals surface area contributed by atoms with Gasteiger partial charge < -0.3 is 46.1 Å². The van der Waals surface area contributed by atoms with Gasteiger partial charge in [0, 0.05) is 76.0 Å². The van der Waals surface area contributed by atoms with Gasteiger partial charge in [-0.2, -0.15) is 18.4 Å². The van der Waals surface area contributed by atoms with E-state index in [0.717, 1.165) is 111 Å². The lowest BCUT2D eigenvalue weighted by atomic mass is 10.1. The number of hydrogen-bond acceptors (Lipinski definition) is 10. The molecule has 67 heavy (non-hydrogen) atoms. The van der Waals surface area contributed by atoms with Crippen LogP contribution in [0.2, 0.25) is 0 Å². The number of nitrogens with zero attached hydrogens (tertiary/aromatic N) is 1. The number of nitriles is 1. The number of morpholine rings is 3. The van der Waals surface area contributed by atoms with Crippen molar-refractivity contribution in [3.05, 3.63) is 196 Å². The molecule has 0 radical (unpaired) electrons. The van der Waals surface area contributed by atoms with E-state index in [4.69, 9.17) is 19.5 Å². The summed E-state index contributed by atoms with van der Waals surface area (Å²) in [4.78, 5) is 0. The highest BCUT2D eigenvalue weighted by molar-refractivity contribution is 5.48. The Labute approximate surface area is 392 Å². The third-order valence-corrected chi connectivity index (χ3v) is 11.6. The Morgan fingerprint density at radius 2 is 0.821 bits per heavy atom. The summed E-state index contributed by atoms with van der Waals surface area (Å²) in [5, 5.41) is 28.8. The van der Waals surface area contributed by atoms with Gasteiger partial charge in [0.25, 0.3) is 0 Å². The lowest BCUT2D eigenvalue weighted by molar-refractivity contribution is -0.137. The minimum absolute atomic E-state index is 0.0720. The first-order valence-corrected chi connectivity index (χ1v) is 22.9. The van der Waals surface area contributed by atoms with Gasteiger partial charge in [0.2, 0.25) is 0 Å². The smallest absolute Gasteiger partial charge is 0.381 e. The summed E-state index contributed by atoms with van der Waals surface area (Å²) >= 11 is 0. The molecule has 0 bridgehead atoms. The van der Waals surface area contributed by atoms with Gasteiger partial charge in [0.1, 0.15) is 0 Å². The van der Waals surface area contributed by atoms with Gasteiger partial charge >= 0.3 is 6.18 Å². The Morgan fingerprint density at radius 1 is 0.493 bits per heavy atom. The van der Waals surface area contributed by atoms with Crippen LogP contribution in [-0.2, 0) is 40.0 Å². The van der Waals surface area contributed by atoms with Crippen LogP contribution in [-0.4, -0.2) is 59.1 Å². The molecule has 3 fully saturated rings. The van der Waals surface area contributed by atoms with Crippen molar-refractivity contribution in [3.8, 4) is 6.07 Å². The normalized spacial score (nSPS) is 18.2. The monoisotopic (exact) mass is 911 g/mol. The van der Waals surface area contributed by atoms with Crippen molar-refractivity contribution in [3.63, 3.8) is 0 Å². The van der Waals surface area contributed by atoms with Crippen LogP contribution >= 0.6 is 0 Å². The Morgan fingerprint density at radius 3 is 1.12 bits per heavy atom. The Balaban J connectivity index is 0.000000149. The molecule has 3 heterocycles. The van der Waals surface area contributed by atoms with Crippen LogP contribution in [0.5, 0.6) is 0 Å². The molecule has 6 aromatic rings. The average molecular weight is 912 g/mol. The second-order valence-corrected chi connectivity index (χ2v) is 16.6. The van der Waals surface area contributed by atoms with Crippen LogP contribution in [0.1, 0.15) is 68.4 Å². The summed E-state index contributed by atoms with van der Waals surface area (Å²) in [5.74, 6) is 0.